The Morgan fingerprint density at radius 2 is 2.00 bits per heavy atom. The lowest BCUT2D eigenvalue weighted by atomic mass is 10.1. The Morgan fingerprint density at radius 1 is 1.45 bits per heavy atom. The molecule has 0 aliphatic carbocycles. The molecule has 60 valence electrons. The maximum absolute atomic E-state index is 11.0. The Morgan fingerprint density at radius 3 is 2.18 bits per heavy atom. The largest absolute Gasteiger partial charge is 0.354 e. The molecule has 0 saturated heterocycles. The van der Waals surface area contributed by atoms with Crippen molar-refractivity contribution in [3.05, 3.63) is 23.0 Å². The highest BCUT2D eigenvalue weighted by molar-refractivity contribution is 5.95. The summed E-state index contributed by atoms with van der Waals surface area (Å²) in [6, 6.07) is 0. The molecule has 0 N–H and O–H groups in total. The van der Waals surface area contributed by atoms with E-state index in [2.05, 4.69) is 0 Å². The van der Waals surface area contributed by atoms with Crippen molar-refractivity contribution in [1.29, 1.82) is 0 Å². The summed E-state index contributed by atoms with van der Waals surface area (Å²) in [5, 5.41) is 0. The van der Waals surface area contributed by atoms with Crippen LogP contribution in [0.3, 0.4) is 0 Å². The minimum absolute atomic E-state index is 0.145. The molecule has 0 aliphatic rings. The summed E-state index contributed by atoms with van der Waals surface area (Å²) >= 11 is 0. The fourth-order valence-corrected chi connectivity index (χ4v) is 1.20. The Labute approximate surface area is 66.8 Å². The van der Waals surface area contributed by atoms with Gasteiger partial charge in [-0.15, -0.1) is 0 Å². The number of carbonyl (C=O) groups is 1. The van der Waals surface area contributed by atoms with Crippen molar-refractivity contribution in [1.82, 2.24) is 4.57 Å². The van der Waals surface area contributed by atoms with E-state index in [1.807, 2.05) is 31.7 Å². The van der Waals surface area contributed by atoms with Gasteiger partial charge in [0.15, 0.2) is 5.78 Å². The number of aromatic nitrogens is 1. The van der Waals surface area contributed by atoms with Crippen molar-refractivity contribution in [2.45, 2.75) is 20.8 Å². The third-order valence-electron chi connectivity index (χ3n) is 2.18. The van der Waals surface area contributed by atoms with Gasteiger partial charge in [0.05, 0.1) is 0 Å². The van der Waals surface area contributed by atoms with Crippen molar-refractivity contribution >= 4 is 5.78 Å². The van der Waals surface area contributed by atoms with E-state index in [0.717, 1.165) is 16.8 Å². The Hall–Kier alpha value is -1.05. The van der Waals surface area contributed by atoms with E-state index in [1.165, 1.54) is 0 Å². The maximum Gasteiger partial charge on any atom is 0.161 e. The van der Waals surface area contributed by atoms with Crippen LogP contribution in [-0.4, -0.2) is 10.4 Å². The topological polar surface area (TPSA) is 22.0 Å². The summed E-state index contributed by atoms with van der Waals surface area (Å²) < 4.78 is 1.98. The van der Waals surface area contributed by atoms with E-state index < -0.39 is 0 Å². The van der Waals surface area contributed by atoms with Gasteiger partial charge in [-0.05, 0) is 26.3 Å². The van der Waals surface area contributed by atoms with E-state index in [4.69, 9.17) is 0 Å². The highest BCUT2D eigenvalue weighted by Gasteiger charge is 2.08. The lowest BCUT2D eigenvalue weighted by molar-refractivity contribution is 0.101. The molecule has 0 unspecified atom stereocenters. The molecular weight excluding hydrogens is 138 g/mol. The van der Waals surface area contributed by atoms with Gasteiger partial charge >= 0.3 is 0 Å². The van der Waals surface area contributed by atoms with E-state index in [-0.39, 0.29) is 5.78 Å². The van der Waals surface area contributed by atoms with Crippen molar-refractivity contribution in [3.63, 3.8) is 0 Å². The van der Waals surface area contributed by atoms with E-state index in [9.17, 15) is 4.79 Å². The molecule has 0 aliphatic heterocycles. The lowest BCUT2D eigenvalue weighted by Gasteiger charge is -1.94. The van der Waals surface area contributed by atoms with Gasteiger partial charge in [-0.2, -0.15) is 0 Å². The van der Waals surface area contributed by atoms with Gasteiger partial charge in [0, 0.05) is 24.5 Å². The predicted molar refractivity (Wildman–Crippen MR) is 44.9 cm³/mol. The number of carbonyl (C=O) groups excluding carboxylic acids is 1. The molecule has 0 atom stereocenters. The fraction of sp³-hybridized carbons (Fsp3) is 0.444. The zero-order valence-electron chi connectivity index (χ0n) is 7.43. The van der Waals surface area contributed by atoms with Crippen molar-refractivity contribution in [3.8, 4) is 0 Å². The first-order valence-electron chi connectivity index (χ1n) is 3.67. The first kappa shape index (κ1) is 8.05. The quantitative estimate of drug-likeness (QED) is 0.561. The first-order chi connectivity index (χ1) is 5.04. The molecule has 0 bridgehead atoms. The van der Waals surface area contributed by atoms with Crippen LogP contribution in [0.1, 0.15) is 28.5 Å². The summed E-state index contributed by atoms with van der Waals surface area (Å²) in [4.78, 5) is 11.0. The highest BCUT2D eigenvalue weighted by atomic mass is 16.1. The van der Waals surface area contributed by atoms with Crippen LogP contribution in [0.25, 0.3) is 0 Å². The van der Waals surface area contributed by atoms with Crippen LogP contribution in [0.15, 0.2) is 6.20 Å². The monoisotopic (exact) mass is 151 g/mol. The van der Waals surface area contributed by atoms with Gasteiger partial charge in [0.2, 0.25) is 0 Å². The third kappa shape index (κ3) is 1.20. The number of aryl methyl sites for hydroxylation is 1. The number of Topliss-reactive ketones (excluding diaryl/α,β-unsaturated/α-hetero) is 1. The fourth-order valence-electron chi connectivity index (χ4n) is 1.20. The number of rotatable bonds is 1. The van der Waals surface area contributed by atoms with Crippen molar-refractivity contribution < 1.29 is 4.79 Å². The zero-order chi connectivity index (χ0) is 8.59. The first-order valence-corrected chi connectivity index (χ1v) is 3.67. The number of hydrogen-bond donors (Lipinski definition) is 0. The molecule has 1 heterocycles. The van der Waals surface area contributed by atoms with E-state index >= 15 is 0 Å². The predicted octanol–water partition coefficient (Wildman–Crippen LogP) is 1.84. The Bertz CT molecular complexity index is 297. The summed E-state index contributed by atoms with van der Waals surface area (Å²) in [7, 11) is 1.95. The summed E-state index contributed by atoms with van der Waals surface area (Å²) in [5.41, 5.74) is 3.10. The normalized spacial score (nSPS) is 10.2. The maximum atomic E-state index is 11.0. The molecule has 0 aromatic carbocycles. The van der Waals surface area contributed by atoms with Crippen LogP contribution in [0.2, 0.25) is 0 Å². The number of hydrogen-bond acceptors (Lipinski definition) is 1. The average Bonchev–Trinajstić information content (AvgIpc) is 2.17. The molecule has 1 rings (SSSR count). The zero-order valence-corrected chi connectivity index (χ0v) is 7.43. The second-order valence-corrected chi connectivity index (χ2v) is 2.92. The smallest absolute Gasteiger partial charge is 0.161 e. The van der Waals surface area contributed by atoms with Crippen LogP contribution in [0, 0.1) is 13.8 Å². The molecule has 0 spiro atoms. The Kier molecular flexibility index (Phi) is 1.85. The van der Waals surface area contributed by atoms with Gasteiger partial charge < -0.3 is 4.57 Å². The standard InChI is InChI=1S/C9H13NO/c1-6-7(2)10(4)5-9(6)8(3)11/h5H,1-4H3. The molecular formula is C9H13NO. The second-order valence-electron chi connectivity index (χ2n) is 2.92. The molecule has 0 fully saturated rings. The minimum atomic E-state index is 0.145. The number of nitrogens with zero attached hydrogens (tertiary/aromatic N) is 1. The van der Waals surface area contributed by atoms with Crippen LogP contribution in [-0.2, 0) is 7.05 Å². The molecule has 0 saturated carbocycles. The SMILES string of the molecule is CC(=O)c1cn(C)c(C)c1C. The Balaban J connectivity index is 3.29. The summed E-state index contributed by atoms with van der Waals surface area (Å²) in [5.74, 6) is 0.145. The molecule has 1 aromatic heterocycles. The van der Waals surface area contributed by atoms with Gasteiger partial charge in [0.1, 0.15) is 0 Å². The average molecular weight is 151 g/mol. The van der Waals surface area contributed by atoms with Gasteiger partial charge in [-0.3, -0.25) is 4.79 Å². The van der Waals surface area contributed by atoms with Gasteiger partial charge in [-0.25, -0.2) is 0 Å². The third-order valence-corrected chi connectivity index (χ3v) is 2.18. The van der Waals surface area contributed by atoms with Crippen molar-refractivity contribution in [2.24, 2.45) is 7.05 Å². The van der Waals surface area contributed by atoms with Crippen LogP contribution in [0.4, 0.5) is 0 Å². The van der Waals surface area contributed by atoms with Crippen LogP contribution >= 0.6 is 0 Å². The minimum Gasteiger partial charge on any atom is -0.354 e. The van der Waals surface area contributed by atoms with E-state index in [0.29, 0.717) is 0 Å². The van der Waals surface area contributed by atoms with Crippen LogP contribution < -0.4 is 0 Å². The molecule has 0 amide bonds. The molecule has 11 heavy (non-hydrogen) atoms. The number of ketones is 1. The highest BCUT2D eigenvalue weighted by Crippen LogP contribution is 2.14. The summed E-state index contributed by atoms with van der Waals surface area (Å²) in [6.45, 7) is 5.59. The van der Waals surface area contributed by atoms with Gasteiger partial charge in [0.25, 0.3) is 0 Å². The lowest BCUT2D eigenvalue weighted by Crippen LogP contribution is -1.91. The van der Waals surface area contributed by atoms with E-state index in [1.54, 1.807) is 6.92 Å². The van der Waals surface area contributed by atoms with Gasteiger partial charge in [-0.1, -0.05) is 0 Å². The molecule has 2 heteroatoms. The molecule has 0 radical (unpaired) electrons. The van der Waals surface area contributed by atoms with Crippen molar-refractivity contribution in [2.75, 3.05) is 0 Å². The van der Waals surface area contributed by atoms with Crippen LogP contribution in [0.5, 0.6) is 0 Å². The second kappa shape index (κ2) is 2.53. The molecule has 2 nitrogen and oxygen atoms in total. The summed E-state index contributed by atoms with van der Waals surface area (Å²) in [6.07, 6.45) is 1.88. The molecule has 1 aromatic rings.